The molecule has 0 aliphatic carbocycles. The maximum Gasteiger partial charge on any atom is 0.279 e. The molecule has 0 atom stereocenters. The number of aromatic amines is 2. The third kappa shape index (κ3) is 3.67. The Morgan fingerprint density at radius 2 is 1.52 bits per heavy atom. The third-order valence-corrected chi connectivity index (χ3v) is 2.95. The zero-order chi connectivity index (χ0) is 17.6. The molecule has 4 aromatic rings. The van der Waals surface area contributed by atoms with Crippen molar-refractivity contribution < 1.29 is 4.74 Å². The van der Waals surface area contributed by atoms with Crippen LogP contribution in [0.2, 0.25) is 0 Å². The molecule has 0 spiro atoms. The van der Waals surface area contributed by atoms with E-state index in [-0.39, 0.29) is 28.8 Å². The Morgan fingerprint density at radius 1 is 0.880 bits per heavy atom. The molecule has 2 N–H and O–H groups in total. The van der Waals surface area contributed by atoms with E-state index < -0.39 is 0 Å². The Kier molecular flexibility index (Phi) is 4.76. The number of ether oxygens (including phenoxy) is 1. The van der Waals surface area contributed by atoms with Crippen molar-refractivity contribution in [2.75, 3.05) is 7.11 Å². The Bertz CT molecular complexity index is 1120. The normalized spacial score (nSPS) is 10.4. The van der Waals surface area contributed by atoms with Crippen LogP contribution in [0.15, 0.2) is 40.7 Å². The summed E-state index contributed by atoms with van der Waals surface area (Å²) in [6, 6.07) is 0. The highest BCUT2D eigenvalue weighted by molar-refractivity contribution is 5.67. The number of nitrogens with one attached hydrogen (secondary N) is 2. The fraction of sp³-hybridized carbons (Fsp3) is 0.143. The second kappa shape index (κ2) is 7.31. The molecule has 11 heteroatoms. The first-order valence-electron chi connectivity index (χ1n) is 7.02. The summed E-state index contributed by atoms with van der Waals surface area (Å²) in [5.74, 6) is 0.450. The van der Waals surface area contributed by atoms with Gasteiger partial charge in [0.15, 0.2) is 22.3 Å². The fourth-order valence-electron chi connectivity index (χ4n) is 1.93. The zero-order valence-electron chi connectivity index (χ0n) is 13.0. The van der Waals surface area contributed by atoms with Gasteiger partial charge < -0.3 is 14.7 Å². The molecular formula is C14H12N8O3. The van der Waals surface area contributed by atoms with E-state index in [0.717, 1.165) is 0 Å². The van der Waals surface area contributed by atoms with E-state index >= 15 is 0 Å². The van der Waals surface area contributed by atoms with E-state index in [1.54, 1.807) is 0 Å². The summed E-state index contributed by atoms with van der Waals surface area (Å²) in [6.45, 7) is 0.252. The number of hydrogen-bond acceptors (Lipinski definition) is 9. The quantitative estimate of drug-likeness (QED) is 0.495. The van der Waals surface area contributed by atoms with Gasteiger partial charge in [-0.25, -0.2) is 29.9 Å². The van der Waals surface area contributed by atoms with Crippen LogP contribution in [0.4, 0.5) is 0 Å². The first-order valence-corrected chi connectivity index (χ1v) is 7.02. The molecule has 0 aromatic carbocycles. The van der Waals surface area contributed by atoms with E-state index in [1.807, 2.05) is 0 Å². The molecule has 0 radical (unpaired) electrons. The van der Waals surface area contributed by atoms with Crippen molar-refractivity contribution in [3.05, 3.63) is 57.6 Å². The molecule has 0 saturated heterocycles. The summed E-state index contributed by atoms with van der Waals surface area (Å²) in [5, 5.41) is 0. The van der Waals surface area contributed by atoms with Crippen molar-refractivity contribution >= 4 is 22.3 Å². The molecule has 0 aliphatic rings. The van der Waals surface area contributed by atoms with Crippen LogP contribution in [0.1, 0.15) is 5.82 Å². The molecule has 0 amide bonds. The highest BCUT2D eigenvalue weighted by atomic mass is 16.5. The highest BCUT2D eigenvalue weighted by Crippen LogP contribution is 1.98. The highest BCUT2D eigenvalue weighted by Gasteiger charge is 2.04. The van der Waals surface area contributed by atoms with Gasteiger partial charge in [0.1, 0.15) is 12.4 Å². The van der Waals surface area contributed by atoms with Crippen molar-refractivity contribution in [2.45, 2.75) is 6.61 Å². The predicted octanol–water partition coefficient (Wildman–Crippen LogP) is -0.427. The summed E-state index contributed by atoms with van der Waals surface area (Å²) in [5.41, 5.74) is 0.667. The summed E-state index contributed by atoms with van der Waals surface area (Å²) >= 11 is 0. The van der Waals surface area contributed by atoms with Crippen LogP contribution in [-0.2, 0) is 11.3 Å². The van der Waals surface area contributed by atoms with E-state index in [9.17, 15) is 9.59 Å². The molecule has 126 valence electrons. The number of methoxy groups -OCH3 is 1. The van der Waals surface area contributed by atoms with Crippen LogP contribution in [0.3, 0.4) is 0 Å². The molecule has 0 bridgehead atoms. The Morgan fingerprint density at radius 3 is 2.20 bits per heavy atom. The average molecular weight is 340 g/mol. The van der Waals surface area contributed by atoms with Crippen molar-refractivity contribution in [1.82, 2.24) is 39.9 Å². The second-order valence-electron chi connectivity index (χ2n) is 4.63. The minimum atomic E-state index is -0.296. The molecule has 4 heterocycles. The van der Waals surface area contributed by atoms with Crippen LogP contribution in [0.25, 0.3) is 22.3 Å². The number of H-pyrrole nitrogens is 2. The minimum Gasteiger partial charge on any atom is -0.377 e. The number of rotatable bonds is 2. The van der Waals surface area contributed by atoms with Gasteiger partial charge in [-0.05, 0) is 0 Å². The van der Waals surface area contributed by atoms with Crippen molar-refractivity contribution in [2.24, 2.45) is 0 Å². The minimum absolute atomic E-state index is 0.243. The summed E-state index contributed by atoms with van der Waals surface area (Å²) in [6.07, 6.45) is 7.20. The molecule has 4 rings (SSSR count). The maximum absolute atomic E-state index is 11.4. The monoisotopic (exact) mass is 340 g/mol. The molecule has 0 aliphatic heterocycles. The van der Waals surface area contributed by atoms with Gasteiger partial charge in [0.25, 0.3) is 11.1 Å². The molecule has 0 saturated carbocycles. The van der Waals surface area contributed by atoms with Gasteiger partial charge in [-0.15, -0.1) is 0 Å². The van der Waals surface area contributed by atoms with Gasteiger partial charge in [-0.3, -0.25) is 9.59 Å². The van der Waals surface area contributed by atoms with Crippen molar-refractivity contribution in [3.8, 4) is 0 Å². The molecule has 11 nitrogen and oxygen atoms in total. The van der Waals surface area contributed by atoms with Gasteiger partial charge in [0.05, 0.1) is 6.33 Å². The van der Waals surface area contributed by atoms with E-state index in [1.165, 1.54) is 38.2 Å². The molecule has 4 aromatic heterocycles. The number of nitrogens with zero attached hydrogens (tertiary/aromatic N) is 6. The standard InChI is InChI=1S/C8H8N4O2.C6H4N4O/c1-14-4-5-11-7-6(8(13)12-5)9-2-3-10-7;11-6-4-5(9-3-10-6)8-2-1-7-4/h2-3H,4H2,1H3,(H,10,11,12,13);1-3H,(H,8,9,10,11). The van der Waals surface area contributed by atoms with Crippen molar-refractivity contribution in [1.29, 1.82) is 0 Å². The van der Waals surface area contributed by atoms with Crippen LogP contribution in [0.5, 0.6) is 0 Å². The van der Waals surface area contributed by atoms with Gasteiger partial charge in [-0.2, -0.15) is 0 Å². The van der Waals surface area contributed by atoms with E-state index in [2.05, 4.69) is 39.9 Å². The Balaban J connectivity index is 0.000000150. The molecule has 25 heavy (non-hydrogen) atoms. The van der Waals surface area contributed by atoms with Gasteiger partial charge in [-0.1, -0.05) is 0 Å². The van der Waals surface area contributed by atoms with Crippen LogP contribution in [-0.4, -0.2) is 47.0 Å². The number of hydrogen-bond donors (Lipinski definition) is 2. The summed E-state index contributed by atoms with van der Waals surface area (Å²) in [4.78, 5) is 50.7. The topological polar surface area (TPSA) is 152 Å². The lowest BCUT2D eigenvalue weighted by molar-refractivity contribution is 0.178. The van der Waals surface area contributed by atoms with Gasteiger partial charge in [0, 0.05) is 31.9 Å². The van der Waals surface area contributed by atoms with Gasteiger partial charge >= 0.3 is 0 Å². The van der Waals surface area contributed by atoms with Crippen molar-refractivity contribution in [3.63, 3.8) is 0 Å². The van der Waals surface area contributed by atoms with E-state index in [0.29, 0.717) is 17.1 Å². The first kappa shape index (κ1) is 16.3. The third-order valence-electron chi connectivity index (χ3n) is 2.95. The van der Waals surface area contributed by atoms with Crippen LogP contribution in [0, 0.1) is 0 Å². The van der Waals surface area contributed by atoms with Gasteiger partial charge in [0.2, 0.25) is 0 Å². The second-order valence-corrected chi connectivity index (χ2v) is 4.63. The maximum atomic E-state index is 11.4. The molecule has 0 fully saturated rings. The number of aromatic nitrogens is 8. The largest absolute Gasteiger partial charge is 0.377 e. The zero-order valence-corrected chi connectivity index (χ0v) is 13.0. The first-order chi connectivity index (χ1) is 12.2. The Hall–Kier alpha value is -3.60. The fourth-order valence-corrected chi connectivity index (χ4v) is 1.93. The lowest BCUT2D eigenvalue weighted by Gasteiger charge is -1.99. The molecule has 0 unspecified atom stereocenters. The Labute approximate surface area is 139 Å². The smallest absolute Gasteiger partial charge is 0.279 e. The lowest BCUT2D eigenvalue weighted by atomic mass is 10.5. The average Bonchev–Trinajstić information content (AvgIpc) is 2.63. The SMILES string of the molecule is COCc1nc2nccnc2c(=O)[nH]1.O=c1[nH]cnc2nccnc12. The summed E-state index contributed by atoms with van der Waals surface area (Å²) < 4.78 is 4.85. The van der Waals surface area contributed by atoms with Crippen LogP contribution < -0.4 is 11.1 Å². The van der Waals surface area contributed by atoms with E-state index in [4.69, 9.17) is 4.74 Å². The number of fused-ring (bicyclic) bond motifs is 2. The summed E-state index contributed by atoms with van der Waals surface area (Å²) in [7, 11) is 1.53. The molecular weight excluding hydrogens is 328 g/mol. The lowest BCUT2D eigenvalue weighted by Crippen LogP contribution is -2.14. The van der Waals surface area contributed by atoms with Crippen LogP contribution >= 0.6 is 0 Å². The predicted molar refractivity (Wildman–Crippen MR) is 86.6 cm³/mol.